The lowest BCUT2D eigenvalue weighted by molar-refractivity contribution is -0.131. The SMILES string of the molecule is CC1CN(C)[C@@H](C)CN1C(=O)c1cn2c(C(=O)C(=O)O)ncc2cc1Cl.Cc1ccccc1. The Kier molecular flexibility index (Phi) is 7.50. The van der Waals surface area contributed by atoms with Gasteiger partial charge in [-0.15, -0.1) is 0 Å². The van der Waals surface area contributed by atoms with Crippen molar-refractivity contribution in [3.63, 3.8) is 0 Å². The van der Waals surface area contributed by atoms with Crippen LogP contribution in [0.15, 0.2) is 48.8 Å². The number of aromatic nitrogens is 2. The molecule has 33 heavy (non-hydrogen) atoms. The predicted octanol–water partition coefficient (Wildman–Crippen LogP) is 3.41. The molecule has 1 saturated heterocycles. The first-order chi connectivity index (χ1) is 15.6. The zero-order chi connectivity index (χ0) is 24.3. The molecule has 0 radical (unpaired) electrons. The molecule has 8 nitrogen and oxygen atoms in total. The Hall–Kier alpha value is -3.23. The third-order valence-electron chi connectivity index (χ3n) is 5.74. The molecule has 1 amide bonds. The maximum absolute atomic E-state index is 13.1. The van der Waals surface area contributed by atoms with E-state index >= 15 is 0 Å². The van der Waals surface area contributed by atoms with Gasteiger partial charge in [0.1, 0.15) is 0 Å². The van der Waals surface area contributed by atoms with E-state index in [1.807, 2.05) is 39.1 Å². The lowest BCUT2D eigenvalue weighted by Gasteiger charge is -2.42. The minimum absolute atomic E-state index is 0.00151. The Morgan fingerprint density at radius 1 is 1.09 bits per heavy atom. The molecular weight excluding hydrogens is 444 g/mol. The number of amides is 1. The van der Waals surface area contributed by atoms with E-state index in [9.17, 15) is 14.4 Å². The number of carbonyl (C=O) groups is 3. The van der Waals surface area contributed by atoms with Crippen LogP contribution < -0.4 is 0 Å². The van der Waals surface area contributed by atoms with E-state index in [2.05, 4.69) is 28.9 Å². The second-order valence-corrected chi connectivity index (χ2v) is 8.70. The van der Waals surface area contributed by atoms with Gasteiger partial charge in [-0.1, -0.05) is 47.5 Å². The number of pyridine rings is 1. The minimum Gasteiger partial charge on any atom is -0.475 e. The van der Waals surface area contributed by atoms with E-state index in [1.54, 1.807) is 4.90 Å². The van der Waals surface area contributed by atoms with E-state index < -0.39 is 11.8 Å². The Morgan fingerprint density at radius 3 is 2.33 bits per heavy atom. The summed E-state index contributed by atoms with van der Waals surface area (Å²) >= 11 is 6.28. The molecule has 0 saturated carbocycles. The molecule has 1 aromatic carbocycles. The van der Waals surface area contributed by atoms with Crippen molar-refractivity contribution in [2.24, 2.45) is 0 Å². The number of nitrogens with zero attached hydrogens (tertiary/aromatic N) is 4. The average Bonchev–Trinajstić information content (AvgIpc) is 3.18. The van der Waals surface area contributed by atoms with Crippen LogP contribution in [0, 0.1) is 6.92 Å². The van der Waals surface area contributed by atoms with Gasteiger partial charge in [0.15, 0.2) is 5.82 Å². The van der Waals surface area contributed by atoms with Gasteiger partial charge < -0.3 is 10.0 Å². The zero-order valence-electron chi connectivity index (χ0n) is 19.0. The van der Waals surface area contributed by atoms with Crippen molar-refractivity contribution >= 4 is 34.8 Å². The summed E-state index contributed by atoms with van der Waals surface area (Å²) in [6, 6.07) is 12.0. The first-order valence-electron chi connectivity index (χ1n) is 10.6. The maximum atomic E-state index is 13.1. The van der Waals surface area contributed by atoms with Crippen molar-refractivity contribution in [1.82, 2.24) is 19.2 Å². The average molecular weight is 471 g/mol. The fourth-order valence-corrected chi connectivity index (χ4v) is 3.95. The van der Waals surface area contributed by atoms with E-state index in [0.29, 0.717) is 12.1 Å². The largest absolute Gasteiger partial charge is 0.475 e. The second kappa shape index (κ2) is 10.1. The Bertz CT molecular complexity index is 1180. The number of ketones is 1. The normalized spacial score (nSPS) is 18.5. The van der Waals surface area contributed by atoms with Crippen LogP contribution in [0.1, 0.15) is 40.4 Å². The summed E-state index contributed by atoms with van der Waals surface area (Å²) in [6.07, 6.45) is 2.73. The highest BCUT2D eigenvalue weighted by Crippen LogP contribution is 2.24. The van der Waals surface area contributed by atoms with Crippen molar-refractivity contribution in [2.75, 3.05) is 20.1 Å². The van der Waals surface area contributed by atoms with Gasteiger partial charge >= 0.3 is 11.8 Å². The molecular formula is C24H27ClN4O4. The maximum Gasteiger partial charge on any atom is 0.380 e. The highest BCUT2D eigenvalue weighted by molar-refractivity contribution is 6.39. The molecule has 0 aliphatic carbocycles. The van der Waals surface area contributed by atoms with E-state index in [1.165, 1.54) is 28.4 Å². The number of benzene rings is 1. The smallest absolute Gasteiger partial charge is 0.380 e. The molecule has 4 rings (SSSR count). The molecule has 0 bridgehead atoms. The van der Waals surface area contributed by atoms with Crippen LogP contribution >= 0.6 is 11.6 Å². The number of aliphatic carboxylic acids is 1. The lowest BCUT2D eigenvalue weighted by atomic mass is 10.1. The Balaban J connectivity index is 0.000000374. The van der Waals surface area contributed by atoms with Gasteiger partial charge in [0.25, 0.3) is 5.91 Å². The van der Waals surface area contributed by atoms with Crippen LogP contribution in [0.3, 0.4) is 0 Å². The molecule has 1 unspecified atom stereocenters. The highest BCUT2D eigenvalue weighted by Gasteiger charge is 2.32. The fraction of sp³-hybridized carbons (Fsp3) is 0.333. The fourth-order valence-electron chi connectivity index (χ4n) is 3.71. The summed E-state index contributed by atoms with van der Waals surface area (Å²) in [5.41, 5.74) is 1.97. The van der Waals surface area contributed by atoms with Crippen molar-refractivity contribution in [3.8, 4) is 0 Å². The van der Waals surface area contributed by atoms with Crippen LogP contribution in [0.2, 0.25) is 5.02 Å². The standard InChI is InChI=1S/C17H19ClN4O4.C7H8/c1-9-7-21(10(2)6-20(9)3)16(24)12-8-22-11(4-13(12)18)5-19-15(22)14(23)17(25)26;1-7-5-3-2-4-6-7/h4-5,8-10H,6-7H2,1-3H3,(H,25,26);2-6H,1H3/t9-,10?;/m0./s1. The van der Waals surface area contributed by atoms with Crippen molar-refractivity contribution in [2.45, 2.75) is 32.9 Å². The van der Waals surface area contributed by atoms with Crippen LogP contribution in [0.4, 0.5) is 0 Å². The Labute approximate surface area is 197 Å². The highest BCUT2D eigenvalue weighted by atomic mass is 35.5. The molecule has 174 valence electrons. The summed E-state index contributed by atoms with van der Waals surface area (Å²) in [7, 11) is 2.01. The van der Waals surface area contributed by atoms with Gasteiger partial charge in [0.05, 0.1) is 22.3 Å². The summed E-state index contributed by atoms with van der Waals surface area (Å²) in [6.45, 7) is 7.37. The lowest BCUT2D eigenvalue weighted by Crippen LogP contribution is -2.56. The van der Waals surface area contributed by atoms with Gasteiger partial charge in [-0.05, 0) is 33.9 Å². The number of halogens is 1. The summed E-state index contributed by atoms with van der Waals surface area (Å²) in [4.78, 5) is 43.6. The van der Waals surface area contributed by atoms with Crippen molar-refractivity contribution in [3.05, 3.63) is 70.8 Å². The molecule has 1 N–H and O–H groups in total. The molecule has 2 atom stereocenters. The number of hydrogen-bond donors (Lipinski definition) is 1. The second-order valence-electron chi connectivity index (χ2n) is 8.30. The number of piperazine rings is 1. The summed E-state index contributed by atoms with van der Waals surface area (Å²) in [5.74, 6) is -3.28. The number of rotatable bonds is 3. The monoisotopic (exact) mass is 470 g/mol. The van der Waals surface area contributed by atoms with Crippen LogP contribution in [0.25, 0.3) is 5.52 Å². The first-order valence-corrected chi connectivity index (χ1v) is 10.9. The van der Waals surface area contributed by atoms with Crippen LogP contribution in [0.5, 0.6) is 0 Å². The number of carboxylic acid groups (broad SMARTS) is 1. The number of Topliss-reactive ketones (excluding diaryl/α,β-unsaturated/α-hetero) is 1. The topological polar surface area (TPSA) is 95.2 Å². The number of likely N-dealkylation sites (N-methyl/N-ethyl adjacent to an activating group) is 1. The molecule has 3 aromatic rings. The molecule has 0 spiro atoms. The third-order valence-corrected chi connectivity index (χ3v) is 6.05. The van der Waals surface area contributed by atoms with Gasteiger partial charge in [0, 0.05) is 31.4 Å². The van der Waals surface area contributed by atoms with E-state index in [4.69, 9.17) is 16.7 Å². The van der Waals surface area contributed by atoms with E-state index in [0.717, 1.165) is 6.54 Å². The quantitative estimate of drug-likeness (QED) is 0.465. The number of imidazole rings is 1. The molecule has 1 fully saturated rings. The number of carbonyl (C=O) groups excluding carboxylic acids is 2. The Morgan fingerprint density at radius 2 is 1.76 bits per heavy atom. The van der Waals surface area contributed by atoms with Gasteiger partial charge in [0.2, 0.25) is 0 Å². The third kappa shape index (κ3) is 5.40. The van der Waals surface area contributed by atoms with E-state index in [-0.39, 0.29) is 34.4 Å². The zero-order valence-corrected chi connectivity index (χ0v) is 19.8. The summed E-state index contributed by atoms with van der Waals surface area (Å²) < 4.78 is 1.29. The summed E-state index contributed by atoms with van der Waals surface area (Å²) in [5, 5.41) is 9.16. The number of fused-ring (bicyclic) bond motifs is 1. The van der Waals surface area contributed by atoms with Crippen molar-refractivity contribution < 1.29 is 19.5 Å². The molecule has 3 heterocycles. The predicted molar refractivity (Wildman–Crippen MR) is 126 cm³/mol. The number of hydrogen-bond acceptors (Lipinski definition) is 5. The molecule has 9 heteroatoms. The number of carboxylic acids is 1. The van der Waals surface area contributed by atoms with Gasteiger partial charge in [-0.2, -0.15) is 0 Å². The minimum atomic E-state index is -1.61. The van der Waals surface area contributed by atoms with Gasteiger partial charge in [-0.25, -0.2) is 9.78 Å². The molecule has 1 aliphatic heterocycles. The van der Waals surface area contributed by atoms with Gasteiger partial charge in [-0.3, -0.25) is 18.9 Å². The first kappa shape index (κ1) is 24.4. The molecule has 1 aliphatic rings. The van der Waals surface area contributed by atoms with Crippen LogP contribution in [-0.2, 0) is 4.79 Å². The number of aryl methyl sites for hydroxylation is 1. The molecule has 2 aromatic heterocycles. The van der Waals surface area contributed by atoms with Crippen molar-refractivity contribution in [1.29, 1.82) is 0 Å². The van der Waals surface area contributed by atoms with Crippen LogP contribution in [-0.4, -0.2) is 74.2 Å².